The van der Waals surface area contributed by atoms with Gasteiger partial charge >= 0.3 is 0 Å². The Bertz CT molecular complexity index is 591. The van der Waals surface area contributed by atoms with Gasteiger partial charge in [-0.3, -0.25) is 0 Å². The second-order valence-electron chi connectivity index (χ2n) is 5.32. The van der Waals surface area contributed by atoms with E-state index >= 15 is 0 Å². The van der Waals surface area contributed by atoms with Gasteiger partial charge in [-0.15, -0.1) is 0 Å². The van der Waals surface area contributed by atoms with Gasteiger partial charge in [0.1, 0.15) is 10.6 Å². The first-order valence-electron chi connectivity index (χ1n) is 6.70. The van der Waals surface area contributed by atoms with Gasteiger partial charge < -0.3 is 9.64 Å². The van der Waals surface area contributed by atoms with E-state index in [0.717, 1.165) is 24.2 Å². The van der Waals surface area contributed by atoms with Gasteiger partial charge in [0.25, 0.3) is 0 Å². The minimum atomic E-state index is -3.49. The van der Waals surface area contributed by atoms with E-state index in [1.165, 1.54) is 7.11 Å². The Morgan fingerprint density at radius 3 is 2.25 bits per heavy atom. The summed E-state index contributed by atoms with van der Waals surface area (Å²) in [5, 5.41) is 0. The number of piperazine rings is 1. The van der Waals surface area contributed by atoms with E-state index in [0.29, 0.717) is 18.8 Å². The molecular formula is C14H22N2O3S. The van der Waals surface area contributed by atoms with Crippen LogP contribution in [0.25, 0.3) is 0 Å². The van der Waals surface area contributed by atoms with E-state index in [1.807, 2.05) is 27.0 Å². The zero-order chi connectivity index (χ0) is 14.9. The predicted octanol–water partition coefficient (Wildman–Crippen LogP) is 1.25. The maximum Gasteiger partial charge on any atom is 0.246 e. The normalized spacial score (nSPS) is 18.2. The molecule has 0 saturated carbocycles. The Kier molecular flexibility index (Phi) is 4.36. The molecule has 1 aromatic carbocycles. The molecule has 0 bridgehead atoms. The van der Waals surface area contributed by atoms with Crippen molar-refractivity contribution in [2.45, 2.75) is 18.7 Å². The average molecular weight is 298 g/mol. The smallest absolute Gasteiger partial charge is 0.246 e. The van der Waals surface area contributed by atoms with Gasteiger partial charge in [0.2, 0.25) is 10.0 Å². The van der Waals surface area contributed by atoms with Crippen LogP contribution in [0.3, 0.4) is 0 Å². The minimum absolute atomic E-state index is 0.280. The largest absolute Gasteiger partial charge is 0.495 e. The molecule has 1 fully saturated rings. The maximum atomic E-state index is 12.8. The van der Waals surface area contributed by atoms with Crippen LogP contribution >= 0.6 is 0 Å². The Balaban J connectivity index is 2.44. The topological polar surface area (TPSA) is 49.9 Å². The highest BCUT2D eigenvalue weighted by Gasteiger charge is 2.30. The third kappa shape index (κ3) is 2.82. The van der Waals surface area contributed by atoms with Gasteiger partial charge in [-0.2, -0.15) is 4.31 Å². The zero-order valence-electron chi connectivity index (χ0n) is 12.5. The second-order valence-corrected chi connectivity index (χ2v) is 7.23. The SMILES string of the molecule is COc1c(C)cc(C)cc1S(=O)(=O)N1CCN(C)CC1. The van der Waals surface area contributed by atoms with E-state index in [-0.39, 0.29) is 4.90 Å². The molecule has 0 aromatic heterocycles. The molecule has 5 nitrogen and oxygen atoms in total. The molecule has 0 unspecified atom stereocenters. The van der Waals surface area contributed by atoms with Crippen molar-refractivity contribution in [3.05, 3.63) is 23.3 Å². The molecule has 0 spiro atoms. The molecule has 1 heterocycles. The molecule has 1 aliphatic heterocycles. The van der Waals surface area contributed by atoms with Crippen molar-refractivity contribution < 1.29 is 13.2 Å². The number of hydrogen-bond acceptors (Lipinski definition) is 4. The van der Waals surface area contributed by atoms with Crippen molar-refractivity contribution in [1.29, 1.82) is 0 Å². The number of ether oxygens (including phenoxy) is 1. The van der Waals surface area contributed by atoms with Crippen molar-refractivity contribution >= 4 is 10.0 Å². The van der Waals surface area contributed by atoms with Crippen LogP contribution in [-0.4, -0.2) is 58.0 Å². The predicted molar refractivity (Wildman–Crippen MR) is 78.7 cm³/mol. The summed E-state index contributed by atoms with van der Waals surface area (Å²) in [5.74, 6) is 0.453. The van der Waals surface area contributed by atoms with Crippen LogP contribution in [-0.2, 0) is 10.0 Å². The van der Waals surface area contributed by atoms with Gasteiger partial charge in [0.05, 0.1) is 7.11 Å². The highest BCUT2D eigenvalue weighted by atomic mass is 32.2. The van der Waals surface area contributed by atoms with Crippen molar-refractivity contribution in [1.82, 2.24) is 9.21 Å². The van der Waals surface area contributed by atoms with Crippen LogP contribution in [0.2, 0.25) is 0 Å². The fourth-order valence-corrected chi connectivity index (χ4v) is 4.27. The molecule has 112 valence electrons. The molecule has 20 heavy (non-hydrogen) atoms. The van der Waals surface area contributed by atoms with E-state index in [1.54, 1.807) is 10.4 Å². The minimum Gasteiger partial charge on any atom is -0.495 e. The number of benzene rings is 1. The van der Waals surface area contributed by atoms with Crippen LogP contribution in [0, 0.1) is 13.8 Å². The van der Waals surface area contributed by atoms with Crippen LogP contribution in [0.5, 0.6) is 5.75 Å². The highest BCUT2D eigenvalue weighted by molar-refractivity contribution is 7.89. The van der Waals surface area contributed by atoms with Crippen molar-refractivity contribution in [3.8, 4) is 5.75 Å². The highest BCUT2D eigenvalue weighted by Crippen LogP contribution is 2.31. The second kappa shape index (κ2) is 5.71. The summed E-state index contributed by atoms with van der Waals surface area (Å²) in [7, 11) is 0.0243. The first-order chi connectivity index (χ1) is 9.36. The van der Waals surface area contributed by atoms with Crippen LogP contribution in [0.15, 0.2) is 17.0 Å². The molecule has 6 heteroatoms. The lowest BCUT2D eigenvalue weighted by Gasteiger charge is -2.32. The van der Waals surface area contributed by atoms with Crippen molar-refractivity contribution in [2.75, 3.05) is 40.3 Å². The summed E-state index contributed by atoms with van der Waals surface area (Å²) in [4.78, 5) is 2.41. The van der Waals surface area contributed by atoms with Gasteiger partial charge in [0.15, 0.2) is 0 Å². The quantitative estimate of drug-likeness (QED) is 0.843. The van der Waals surface area contributed by atoms with Gasteiger partial charge in [-0.1, -0.05) is 6.07 Å². The Morgan fingerprint density at radius 1 is 1.10 bits per heavy atom. The average Bonchev–Trinajstić information content (AvgIpc) is 2.38. The number of rotatable bonds is 3. The number of hydrogen-bond donors (Lipinski definition) is 0. The van der Waals surface area contributed by atoms with Gasteiger partial charge in [-0.25, -0.2) is 8.42 Å². The third-order valence-electron chi connectivity index (χ3n) is 3.67. The number of nitrogens with zero attached hydrogens (tertiary/aromatic N) is 2. The molecule has 1 aliphatic rings. The fourth-order valence-electron chi connectivity index (χ4n) is 2.54. The summed E-state index contributed by atoms with van der Waals surface area (Å²) in [5.41, 5.74) is 1.77. The van der Waals surface area contributed by atoms with E-state index < -0.39 is 10.0 Å². The summed E-state index contributed by atoms with van der Waals surface area (Å²) < 4.78 is 32.5. The van der Waals surface area contributed by atoms with Gasteiger partial charge in [0, 0.05) is 26.2 Å². The standard InChI is InChI=1S/C14H22N2O3S/c1-11-9-12(2)14(19-4)13(10-11)20(17,18)16-7-5-15(3)6-8-16/h9-10H,5-8H2,1-4H3. The van der Waals surface area contributed by atoms with Gasteiger partial charge in [-0.05, 0) is 38.1 Å². The summed E-state index contributed by atoms with van der Waals surface area (Å²) in [6.45, 7) is 6.33. The van der Waals surface area contributed by atoms with E-state index in [9.17, 15) is 8.42 Å². The van der Waals surface area contributed by atoms with Crippen LogP contribution < -0.4 is 4.74 Å². The summed E-state index contributed by atoms with van der Waals surface area (Å²) in [6, 6.07) is 3.63. The van der Waals surface area contributed by atoms with Crippen LogP contribution in [0.4, 0.5) is 0 Å². The molecule has 0 radical (unpaired) electrons. The molecule has 1 aromatic rings. The monoisotopic (exact) mass is 298 g/mol. The van der Waals surface area contributed by atoms with Crippen molar-refractivity contribution in [3.63, 3.8) is 0 Å². The molecule has 0 amide bonds. The Hall–Kier alpha value is -1.11. The van der Waals surface area contributed by atoms with Crippen molar-refractivity contribution in [2.24, 2.45) is 0 Å². The Morgan fingerprint density at radius 2 is 1.70 bits per heavy atom. The number of methoxy groups -OCH3 is 1. The van der Waals surface area contributed by atoms with E-state index in [4.69, 9.17) is 4.74 Å². The molecule has 0 aliphatic carbocycles. The summed E-state index contributed by atoms with van der Waals surface area (Å²) in [6.07, 6.45) is 0. The molecular weight excluding hydrogens is 276 g/mol. The number of likely N-dealkylation sites (N-methyl/N-ethyl adjacent to an activating group) is 1. The van der Waals surface area contributed by atoms with E-state index in [2.05, 4.69) is 4.90 Å². The lowest BCUT2D eigenvalue weighted by molar-refractivity contribution is 0.222. The number of aryl methyl sites for hydroxylation is 2. The molecule has 2 rings (SSSR count). The number of sulfonamides is 1. The maximum absolute atomic E-state index is 12.8. The first kappa shape index (κ1) is 15.3. The molecule has 0 atom stereocenters. The first-order valence-corrected chi connectivity index (χ1v) is 8.14. The lowest BCUT2D eigenvalue weighted by atomic mass is 10.1. The van der Waals surface area contributed by atoms with Crippen LogP contribution in [0.1, 0.15) is 11.1 Å². The Labute approximate surface area is 121 Å². The molecule has 0 N–H and O–H groups in total. The zero-order valence-corrected chi connectivity index (χ0v) is 13.3. The lowest BCUT2D eigenvalue weighted by Crippen LogP contribution is -2.47. The summed E-state index contributed by atoms with van der Waals surface area (Å²) >= 11 is 0. The third-order valence-corrected chi connectivity index (χ3v) is 5.57. The fraction of sp³-hybridized carbons (Fsp3) is 0.571. The molecule has 1 saturated heterocycles.